The fraction of sp³-hybridized carbons (Fsp3) is 0.417. The lowest BCUT2D eigenvalue weighted by Gasteiger charge is -2.13. The molecule has 0 amide bonds. The molecule has 1 atom stereocenters. The van der Waals surface area contributed by atoms with Crippen molar-refractivity contribution >= 4 is 5.78 Å². The Balaban J connectivity index is 2.43. The number of hydrogen-bond donors (Lipinski definition) is 0. The molecule has 82 valence electrons. The van der Waals surface area contributed by atoms with E-state index in [1.54, 1.807) is 7.11 Å². The van der Waals surface area contributed by atoms with Crippen LogP contribution in [-0.2, 0) is 20.9 Å². The molecule has 0 aliphatic carbocycles. The van der Waals surface area contributed by atoms with Crippen LogP contribution in [0.15, 0.2) is 30.3 Å². The van der Waals surface area contributed by atoms with Crippen molar-refractivity contribution in [3.8, 4) is 0 Å². The SMILES string of the molecule is COCC(OCc1ccccc1)C(C)=O. The van der Waals surface area contributed by atoms with Crippen molar-refractivity contribution < 1.29 is 14.3 Å². The molecule has 0 aliphatic heterocycles. The van der Waals surface area contributed by atoms with Gasteiger partial charge in [-0.3, -0.25) is 4.79 Å². The highest BCUT2D eigenvalue weighted by Gasteiger charge is 2.13. The second kappa shape index (κ2) is 6.32. The third kappa shape index (κ3) is 4.23. The minimum atomic E-state index is -0.463. The van der Waals surface area contributed by atoms with Crippen molar-refractivity contribution in [1.29, 1.82) is 0 Å². The summed E-state index contributed by atoms with van der Waals surface area (Å²) in [6, 6.07) is 9.75. The number of ether oxygens (including phenoxy) is 2. The van der Waals surface area contributed by atoms with Crippen molar-refractivity contribution in [2.75, 3.05) is 13.7 Å². The van der Waals surface area contributed by atoms with Gasteiger partial charge in [0.15, 0.2) is 5.78 Å². The number of carbonyl (C=O) groups is 1. The monoisotopic (exact) mass is 208 g/mol. The largest absolute Gasteiger partial charge is 0.382 e. The summed E-state index contributed by atoms with van der Waals surface area (Å²) in [4.78, 5) is 11.2. The van der Waals surface area contributed by atoms with Crippen LogP contribution in [0, 0.1) is 0 Å². The molecule has 0 radical (unpaired) electrons. The van der Waals surface area contributed by atoms with Crippen LogP contribution in [-0.4, -0.2) is 25.6 Å². The molecule has 1 unspecified atom stereocenters. The van der Waals surface area contributed by atoms with E-state index < -0.39 is 6.10 Å². The van der Waals surface area contributed by atoms with E-state index in [0.717, 1.165) is 5.56 Å². The molecule has 3 heteroatoms. The number of ketones is 1. The van der Waals surface area contributed by atoms with E-state index in [1.165, 1.54) is 6.92 Å². The van der Waals surface area contributed by atoms with E-state index in [1.807, 2.05) is 30.3 Å². The lowest BCUT2D eigenvalue weighted by Crippen LogP contribution is -2.26. The Kier molecular flexibility index (Phi) is 5.01. The van der Waals surface area contributed by atoms with Gasteiger partial charge in [-0.15, -0.1) is 0 Å². The maximum atomic E-state index is 11.2. The first-order valence-corrected chi connectivity index (χ1v) is 4.89. The Hall–Kier alpha value is -1.19. The van der Waals surface area contributed by atoms with E-state index in [4.69, 9.17) is 9.47 Å². The number of Topliss-reactive ketones (excluding diaryl/α,β-unsaturated/α-hetero) is 1. The Bertz CT molecular complexity index is 295. The first-order valence-electron chi connectivity index (χ1n) is 4.89. The number of benzene rings is 1. The van der Waals surface area contributed by atoms with Gasteiger partial charge in [0.05, 0.1) is 13.2 Å². The first kappa shape index (κ1) is 11.9. The quantitative estimate of drug-likeness (QED) is 0.715. The van der Waals surface area contributed by atoms with E-state index in [-0.39, 0.29) is 5.78 Å². The molecular formula is C12H16O3. The molecule has 0 saturated heterocycles. The van der Waals surface area contributed by atoms with Crippen LogP contribution in [0.1, 0.15) is 12.5 Å². The van der Waals surface area contributed by atoms with Crippen molar-refractivity contribution in [3.05, 3.63) is 35.9 Å². The van der Waals surface area contributed by atoms with Crippen LogP contribution in [0.5, 0.6) is 0 Å². The van der Waals surface area contributed by atoms with Crippen LogP contribution in [0.2, 0.25) is 0 Å². The number of rotatable bonds is 6. The summed E-state index contributed by atoms with van der Waals surface area (Å²) in [6.07, 6.45) is -0.463. The average molecular weight is 208 g/mol. The van der Waals surface area contributed by atoms with Gasteiger partial charge >= 0.3 is 0 Å². The molecule has 0 aliphatic rings. The van der Waals surface area contributed by atoms with Crippen LogP contribution in [0.25, 0.3) is 0 Å². The highest BCUT2D eigenvalue weighted by atomic mass is 16.5. The Morgan fingerprint density at radius 3 is 2.53 bits per heavy atom. The fourth-order valence-electron chi connectivity index (χ4n) is 1.21. The number of carbonyl (C=O) groups excluding carboxylic acids is 1. The second-order valence-electron chi connectivity index (χ2n) is 3.35. The van der Waals surface area contributed by atoms with Gasteiger partial charge < -0.3 is 9.47 Å². The van der Waals surface area contributed by atoms with E-state index in [0.29, 0.717) is 13.2 Å². The smallest absolute Gasteiger partial charge is 0.160 e. The van der Waals surface area contributed by atoms with Crippen LogP contribution < -0.4 is 0 Å². The Labute approximate surface area is 90.0 Å². The van der Waals surface area contributed by atoms with Crippen LogP contribution in [0.4, 0.5) is 0 Å². The van der Waals surface area contributed by atoms with Gasteiger partial charge in [0.25, 0.3) is 0 Å². The maximum absolute atomic E-state index is 11.2. The average Bonchev–Trinajstić information content (AvgIpc) is 2.25. The summed E-state index contributed by atoms with van der Waals surface area (Å²) >= 11 is 0. The van der Waals surface area contributed by atoms with Gasteiger partial charge in [0.2, 0.25) is 0 Å². The molecule has 0 fully saturated rings. The van der Waals surface area contributed by atoms with Crippen molar-refractivity contribution in [2.24, 2.45) is 0 Å². The topological polar surface area (TPSA) is 35.5 Å². The van der Waals surface area contributed by atoms with Crippen molar-refractivity contribution in [2.45, 2.75) is 19.6 Å². The zero-order valence-corrected chi connectivity index (χ0v) is 9.10. The summed E-state index contributed by atoms with van der Waals surface area (Å²) < 4.78 is 10.4. The summed E-state index contributed by atoms with van der Waals surface area (Å²) in [7, 11) is 1.56. The molecule has 1 aromatic carbocycles. The van der Waals surface area contributed by atoms with Gasteiger partial charge in [0, 0.05) is 7.11 Å². The number of methoxy groups -OCH3 is 1. The van der Waals surface area contributed by atoms with Crippen LogP contribution >= 0.6 is 0 Å². The summed E-state index contributed by atoms with van der Waals surface area (Å²) in [5.74, 6) is -0.00668. The van der Waals surface area contributed by atoms with E-state index >= 15 is 0 Å². The van der Waals surface area contributed by atoms with E-state index in [9.17, 15) is 4.79 Å². The third-order valence-corrected chi connectivity index (χ3v) is 2.07. The zero-order valence-electron chi connectivity index (χ0n) is 9.10. The van der Waals surface area contributed by atoms with Crippen molar-refractivity contribution in [1.82, 2.24) is 0 Å². The van der Waals surface area contributed by atoms with Gasteiger partial charge in [0.1, 0.15) is 6.10 Å². The highest BCUT2D eigenvalue weighted by Crippen LogP contribution is 2.04. The molecule has 1 rings (SSSR count). The first-order chi connectivity index (χ1) is 7.24. The molecule has 0 bridgehead atoms. The predicted octanol–water partition coefficient (Wildman–Crippen LogP) is 1.81. The minimum absolute atomic E-state index is 0.00668. The summed E-state index contributed by atoms with van der Waals surface area (Å²) in [5, 5.41) is 0. The normalized spacial score (nSPS) is 12.4. The molecular weight excluding hydrogens is 192 g/mol. The molecule has 1 aromatic rings. The maximum Gasteiger partial charge on any atom is 0.160 e. The predicted molar refractivity (Wildman–Crippen MR) is 57.6 cm³/mol. The summed E-state index contributed by atoms with van der Waals surface area (Å²) in [5.41, 5.74) is 1.06. The zero-order chi connectivity index (χ0) is 11.1. The van der Waals surface area contributed by atoms with Gasteiger partial charge in [-0.05, 0) is 12.5 Å². The van der Waals surface area contributed by atoms with Gasteiger partial charge in [-0.2, -0.15) is 0 Å². The van der Waals surface area contributed by atoms with Gasteiger partial charge in [-0.1, -0.05) is 30.3 Å². The second-order valence-corrected chi connectivity index (χ2v) is 3.35. The summed E-state index contributed by atoms with van der Waals surface area (Å²) in [6.45, 7) is 2.26. The Morgan fingerprint density at radius 2 is 2.00 bits per heavy atom. The molecule has 0 aromatic heterocycles. The number of hydrogen-bond acceptors (Lipinski definition) is 3. The molecule has 0 saturated carbocycles. The minimum Gasteiger partial charge on any atom is -0.382 e. The molecule has 0 N–H and O–H groups in total. The van der Waals surface area contributed by atoms with E-state index in [2.05, 4.69) is 0 Å². The molecule has 0 heterocycles. The molecule has 3 nitrogen and oxygen atoms in total. The highest BCUT2D eigenvalue weighted by molar-refractivity contribution is 5.80. The van der Waals surface area contributed by atoms with Crippen LogP contribution in [0.3, 0.4) is 0 Å². The van der Waals surface area contributed by atoms with Crippen molar-refractivity contribution in [3.63, 3.8) is 0 Å². The standard InChI is InChI=1S/C12H16O3/c1-10(13)12(9-14-2)15-8-11-6-4-3-5-7-11/h3-7,12H,8-9H2,1-2H3. The Morgan fingerprint density at radius 1 is 1.33 bits per heavy atom. The lowest BCUT2D eigenvalue weighted by molar-refractivity contribution is -0.132. The lowest BCUT2D eigenvalue weighted by atomic mass is 10.2. The fourth-order valence-corrected chi connectivity index (χ4v) is 1.21. The molecule has 15 heavy (non-hydrogen) atoms. The third-order valence-electron chi connectivity index (χ3n) is 2.07. The molecule has 0 spiro atoms. The van der Waals surface area contributed by atoms with Gasteiger partial charge in [-0.25, -0.2) is 0 Å².